The predicted octanol–water partition coefficient (Wildman–Crippen LogP) is 5.01. The third-order valence-corrected chi connectivity index (χ3v) is 4.04. The van der Waals surface area contributed by atoms with Gasteiger partial charge >= 0.3 is 0 Å². The molecule has 1 aromatic carbocycles. The zero-order valence-corrected chi connectivity index (χ0v) is 13.6. The highest BCUT2D eigenvalue weighted by Gasteiger charge is 2.19. The molecule has 2 heteroatoms. The maximum atomic E-state index is 11.3. The van der Waals surface area contributed by atoms with E-state index >= 15 is 0 Å². The quantitative estimate of drug-likeness (QED) is 0.399. The van der Waals surface area contributed by atoms with Gasteiger partial charge in [0.05, 0.1) is 6.61 Å². The lowest BCUT2D eigenvalue weighted by Crippen LogP contribution is -2.17. The Balaban J connectivity index is 2.25. The van der Waals surface area contributed by atoms with Gasteiger partial charge in [-0.3, -0.25) is 0 Å². The van der Waals surface area contributed by atoms with E-state index in [1.807, 2.05) is 18.2 Å². The van der Waals surface area contributed by atoms with Crippen LogP contribution in [0.1, 0.15) is 57.9 Å². The van der Waals surface area contributed by atoms with Gasteiger partial charge in [0.1, 0.15) is 6.29 Å². The Morgan fingerprint density at radius 2 is 1.76 bits per heavy atom. The molecular weight excluding hydrogens is 260 g/mol. The molecule has 0 aliphatic rings. The second kappa shape index (κ2) is 11.5. The molecule has 0 radical (unpaired) electrons. The average molecular weight is 290 g/mol. The van der Waals surface area contributed by atoms with Crippen LogP contribution in [0.5, 0.6) is 0 Å². The molecular formula is C19H30O2. The minimum atomic E-state index is 0.240. The van der Waals surface area contributed by atoms with Gasteiger partial charge in [0.15, 0.2) is 0 Å². The maximum Gasteiger partial charge on any atom is 0.123 e. The van der Waals surface area contributed by atoms with E-state index in [-0.39, 0.29) is 5.92 Å². The molecule has 0 aromatic heterocycles. The van der Waals surface area contributed by atoms with Crippen molar-refractivity contribution in [3.63, 3.8) is 0 Å². The van der Waals surface area contributed by atoms with Crippen LogP contribution in [-0.4, -0.2) is 12.9 Å². The van der Waals surface area contributed by atoms with Gasteiger partial charge in [0.25, 0.3) is 0 Å². The average Bonchev–Trinajstić information content (AvgIpc) is 2.52. The van der Waals surface area contributed by atoms with Gasteiger partial charge in [-0.25, -0.2) is 0 Å². The van der Waals surface area contributed by atoms with E-state index in [1.165, 1.54) is 11.8 Å². The van der Waals surface area contributed by atoms with Gasteiger partial charge in [-0.05, 0) is 30.7 Å². The van der Waals surface area contributed by atoms with Crippen LogP contribution in [0.4, 0.5) is 0 Å². The van der Waals surface area contributed by atoms with Crippen molar-refractivity contribution in [3.8, 4) is 0 Å². The fourth-order valence-corrected chi connectivity index (χ4v) is 2.90. The van der Waals surface area contributed by atoms with E-state index in [1.54, 1.807) is 0 Å². The Morgan fingerprint density at radius 3 is 2.38 bits per heavy atom. The van der Waals surface area contributed by atoms with E-state index in [0.717, 1.165) is 45.1 Å². The molecule has 0 fully saturated rings. The van der Waals surface area contributed by atoms with Crippen LogP contribution in [0.25, 0.3) is 0 Å². The van der Waals surface area contributed by atoms with Gasteiger partial charge in [0, 0.05) is 12.5 Å². The van der Waals surface area contributed by atoms with Crippen LogP contribution in [0.15, 0.2) is 30.3 Å². The summed E-state index contributed by atoms with van der Waals surface area (Å²) in [7, 11) is 0. The summed E-state index contributed by atoms with van der Waals surface area (Å²) >= 11 is 0. The van der Waals surface area contributed by atoms with Gasteiger partial charge in [0.2, 0.25) is 0 Å². The highest BCUT2D eigenvalue weighted by Crippen LogP contribution is 2.25. The van der Waals surface area contributed by atoms with E-state index in [9.17, 15) is 4.79 Å². The van der Waals surface area contributed by atoms with E-state index in [2.05, 4.69) is 26.0 Å². The minimum absolute atomic E-state index is 0.240. The molecule has 0 N–H and O–H groups in total. The van der Waals surface area contributed by atoms with E-state index in [0.29, 0.717) is 12.5 Å². The highest BCUT2D eigenvalue weighted by molar-refractivity contribution is 5.53. The van der Waals surface area contributed by atoms with Crippen molar-refractivity contribution in [2.24, 2.45) is 11.8 Å². The van der Waals surface area contributed by atoms with Crippen LogP contribution in [0, 0.1) is 11.8 Å². The van der Waals surface area contributed by atoms with Crippen molar-refractivity contribution in [2.45, 2.75) is 59.0 Å². The maximum absolute atomic E-state index is 11.3. The lowest BCUT2D eigenvalue weighted by Gasteiger charge is -2.22. The van der Waals surface area contributed by atoms with Crippen LogP contribution >= 0.6 is 0 Å². The van der Waals surface area contributed by atoms with Crippen LogP contribution in [0.2, 0.25) is 0 Å². The number of hydrogen-bond donors (Lipinski definition) is 0. The molecule has 118 valence electrons. The number of hydrogen-bond acceptors (Lipinski definition) is 2. The first-order valence-corrected chi connectivity index (χ1v) is 8.38. The Labute approximate surface area is 129 Å². The number of ether oxygens (including phenoxy) is 1. The molecule has 21 heavy (non-hydrogen) atoms. The molecule has 0 saturated carbocycles. The van der Waals surface area contributed by atoms with Crippen LogP contribution in [0.3, 0.4) is 0 Å². The topological polar surface area (TPSA) is 26.3 Å². The lowest BCUT2D eigenvalue weighted by molar-refractivity contribution is -0.113. The van der Waals surface area contributed by atoms with Gasteiger partial charge < -0.3 is 9.53 Å². The van der Waals surface area contributed by atoms with Crippen molar-refractivity contribution in [2.75, 3.05) is 6.61 Å². The van der Waals surface area contributed by atoms with Crippen molar-refractivity contribution in [3.05, 3.63) is 35.9 Å². The molecule has 0 saturated heterocycles. The molecule has 0 spiro atoms. The SMILES string of the molecule is CCCC(C=O)C(CCC)CCCOCc1ccccc1. The number of rotatable bonds is 12. The van der Waals surface area contributed by atoms with Gasteiger partial charge in [-0.2, -0.15) is 0 Å². The van der Waals surface area contributed by atoms with Crippen LogP contribution < -0.4 is 0 Å². The molecule has 0 aliphatic heterocycles. The zero-order valence-electron chi connectivity index (χ0n) is 13.6. The third kappa shape index (κ3) is 7.42. The summed E-state index contributed by atoms with van der Waals surface area (Å²) in [5.74, 6) is 0.775. The Kier molecular flexibility index (Phi) is 9.81. The summed E-state index contributed by atoms with van der Waals surface area (Å²) in [6.07, 6.45) is 7.76. The van der Waals surface area contributed by atoms with Crippen molar-refractivity contribution < 1.29 is 9.53 Å². The Hall–Kier alpha value is -1.15. The monoisotopic (exact) mass is 290 g/mol. The molecule has 0 aliphatic carbocycles. The fraction of sp³-hybridized carbons (Fsp3) is 0.632. The highest BCUT2D eigenvalue weighted by atomic mass is 16.5. The minimum Gasteiger partial charge on any atom is -0.377 e. The second-order valence-electron chi connectivity index (χ2n) is 5.82. The van der Waals surface area contributed by atoms with Gasteiger partial charge in [-0.1, -0.05) is 63.4 Å². The molecule has 1 aromatic rings. The number of benzene rings is 1. The largest absolute Gasteiger partial charge is 0.377 e. The number of carbonyl (C=O) groups excluding carboxylic acids is 1. The summed E-state index contributed by atoms with van der Waals surface area (Å²) in [6, 6.07) is 10.3. The summed E-state index contributed by atoms with van der Waals surface area (Å²) in [4.78, 5) is 11.3. The first kappa shape index (κ1) is 17.9. The molecule has 0 heterocycles. The second-order valence-corrected chi connectivity index (χ2v) is 5.82. The number of aldehydes is 1. The standard InChI is InChI=1S/C19H30O2/c1-3-9-18(19(15-20)10-4-2)13-8-14-21-16-17-11-6-5-7-12-17/h5-7,11-12,15,18-19H,3-4,8-10,13-14,16H2,1-2H3. The lowest BCUT2D eigenvalue weighted by atomic mass is 9.83. The van der Waals surface area contributed by atoms with Crippen molar-refractivity contribution in [1.29, 1.82) is 0 Å². The smallest absolute Gasteiger partial charge is 0.123 e. The summed E-state index contributed by atoms with van der Waals surface area (Å²) in [5.41, 5.74) is 1.22. The molecule has 0 amide bonds. The molecule has 2 unspecified atom stereocenters. The first-order valence-electron chi connectivity index (χ1n) is 8.38. The molecule has 0 bridgehead atoms. The Bertz CT molecular complexity index is 361. The van der Waals surface area contributed by atoms with Gasteiger partial charge in [-0.15, -0.1) is 0 Å². The fourth-order valence-electron chi connectivity index (χ4n) is 2.90. The third-order valence-electron chi connectivity index (χ3n) is 4.04. The zero-order chi connectivity index (χ0) is 15.3. The predicted molar refractivity (Wildman–Crippen MR) is 88.2 cm³/mol. The molecule has 2 atom stereocenters. The molecule has 2 nitrogen and oxygen atoms in total. The number of carbonyl (C=O) groups is 1. The van der Waals surface area contributed by atoms with Crippen molar-refractivity contribution in [1.82, 2.24) is 0 Å². The summed E-state index contributed by atoms with van der Waals surface area (Å²) in [5, 5.41) is 0. The van der Waals surface area contributed by atoms with Crippen LogP contribution in [-0.2, 0) is 16.1 Å². The Morgan fingerprint density at radius 1 is 1.05 bits per heavy atom. The first-order chi connectivity index (χ1) is 10.3. The normalized spacial score (nSPS) is 13.8. The van der Waals surface area contributed by atoms with Crippen molar-refractivity contribution >= 4 is 6.29 Å². The molecule has 1 rings (SSSR count). The van der Waals surface area contributed by atoms with E-state index < -0.39 is 0 Å². The van der Waals surface area contributed by atoms with E-state index in [4.69, 9.17) is 4.74 Å². The summed E-state index contributed by atoms with van der Waals surface area (Å²) < 4.78 is 5.73. The summed E-state index contributed by atoms with van der Waals surface area (Å²) in [6.45, 7) is 5.83.